The Kier molecular flexibility index (Phi) is 7.57. The largest absolute Gasteiger partial charge is 0.314 e. The van der Waals surface area contributed by atoms with E-state index in [1.807, 2.05) is 0 Å². The first-order valence-electron chi connectivity index (χ1n) is 4.85. The van der Waals surface area contributed by atoms with Crippen molar-refractivity contribution in [1.82, 2.24) is 10.2 Å². The van der Waals surface area contributed by atoms with E-state index in [4.69, 9.17) is 0 Å². The number of rotatable bonds is 2. The van der Waals surface area contributed by atoms with E-state index in [0.29, 0.717) is 6.04 Å². The predicted octanol–water partition coefficient (Wildman–Crippen LogP) is 2.56. The minimum absolute atomic E-state index is 0. The molecule has 0 aliphatic carbocycles. The van der Waals surface area contributed by atoms with Crippen molar-refractivity contribution in [2.45, 2.75) is 13.0 Å². The van der Waals surface area contributed by atoms with E-state index in [1.165, 1.54) is 18.7 Å². The zero-order valence-electron chi connectivity index (χ0n) is 8.81. The fraction of sp³-hybridized carbons (Fsp3) is 0.600. The number of nitrogens with one attached hydrogen (secondary N) is 1. The van der Waals surface area contributed by atoms with E-state index < -0.39 is 0 Å². The first-order chi connectivity index (χ1) is 6.38. The highest BCUT2D eigenvalue weighted by Gasteiger charge is 2.17. The molecule has 2 heterocycles. The number of thiophene rings is 1. The molecule has 1 atom stereocenters. The van der Waals surface area contributed by atoms with Gasteiger partial charge >= 0.3 is 0 Å². The van der Waals surface area contributed by atoms with Gasteiger partial charge in [-0.1, -0.05) is 0 Å². The molecule has 2 rings (SSSR count). The van der Waals surface area contributed by atoms with Crippen LogP contribution in [0.2, 0.25) is 0 Å². The molecule has 1 fully saturated rings. The first kappa shape index (κ1) is 15.2. The summed E-state index contributed by atoms with van der Waals surface area (Å²) in [6, 6.07) is 2.82. The van der Waals surface area contributed by atoms with Gasteiger partial charge in [0.1, 0.15) is 0 Å². The van der Waals surface area contributed by atoms with E-state index in [9.17, 15) is 0 Å². The molecule has 1 saturated heterocycles. The maximum atomic E-state index is 3.38. The van der Waals surface area contributed by atoms with Crippen LogP contribution in [-0.2, 0) is 0 Å². The molecular formula is C10H18Cl2N2S. The van der Waals surface area contributed by atoms with E-state index in [2.05, 4.69) is 34.0 Å². The second-order valence-corrected chi connectivity index (χ2v) is 4.30. The lowest BCUT2D eigenvalue weighted by Gasteiger charge is -2.32. The number of hydrogen-bond donors (Lipinski definition) is 1. The molecule has 1 aromatic rings. The second-order valence-electron chi connectivity index (χ2n) is 3.52. The molecule has 88 valence electrons. The van der Waals surface area contributed by atoms with Crippen LogP contribution in [-0.4, -0.2) is 31.1 Å². The van der Waals surface area contributed by atoms with E-state index in [1.54, 1.807) is 11.3 Å². The summed E-state index contributed by atoms with van der Waals surface area (Å²) < 4.78 is 0. The van der Waals surface area contributed by atoms with Crippen LogP contribution in [0.4, 0.5) is 0 Å². The Morgan fingerprint density at radius 3 is 2.53 bits per heavy atom. The molecule has 2 nitrogen and oxygen atoms in total. The maximum Gasteiger partial charge on any atom is 0.0329 e. The van der Waals surface area contributed by atoms with Crippen LogP contribution >= 0.6 is 36.2 Å². The van der Waals surface area contributed by atoms with Gasteiger partial charge in [-0.15, -0.1) is 24.8 Å². The molecule has 1 aromatic heterocycles. The predicted molar refractivity (Wildman–Crippen MR) is 71.7 cm³/mol. The number of hydrogen-bond acceptors (Lipinski definition) is 3. The van der Waals surface area contributed by atoms with Gasteiger partial charge < -0.3 is 5.32 Å². The lowest BCUT2D eigenvalue weighted by molar-refractivity contribution is 0.186. The van der Waals surface area contributed by atoms with Crippen LogP contribution in [0, 0.1) is 0 Å². The van der Waals surface area contributed by atoms with Crippen LogP contribution in [0.25, 0.3) is 0 Å². The van der Waals surface area contributed by atoms with Gasteiger partial charge in [-0.3, -0.25) is 4.90 Å². The molecule has 0 saturated carbocycles. The number of nitrogens with zero attached hydrogens (tertiary/aromatic N) is 1. The third-order valence-corrected chi connectivity index (χ3v) is 3.43. The number of piperazine rings is 1. The molecule has 0 amide bonds. The molecular weight excluding hydrogens is 251 g/mol. The third-order valence-electron chi connectivity index (χ3n) is 2.72. The van der Waals surface area contributed by atoms with Gasteiger partial charge in [0.15, 0.2) is 0 Å². The summed E-state index contributed by atoms with van der Waals surface area (Å²) in [5.41, 5.74) is 1.46. The van der Waals surface area contributed by atoms with Crippen LogP contribution in [0.3, 0.4) is 0 Å². The highest BCUT2D eigenvalue weighted by atomic mass is 35.5. The summed E-state index contributed by atoms with van der Waals surface area (Å²) in [7, 11) is 0. The minimum atomic E-state index is 0. The summed E-state index contributed by atoms with van der Waals surface area (Å²) in [6.07, 6.45) is 0. The van der Waals surface area contributed by atoms with Crippen molar-refractivity contribution < 1.29 is 0 Å². The van der Waals surface area contributed by atoms with Crippen molar-refractivity contribution in [2.75, 3.05) is 26.2 Å². The summed E-state index contributed by atoms with van der Waals surface area (Å²) in [5, 5.41) is 7.79. The minimum Gasteiger partial charge on any atom is -0.314 e. The maximum absolute atomic E-state index is 3.38. The molecule has 0 unspecified atom stereocenters. The SMILES string of the molecule is C[C@H](c1ccsc1)N1CCNCC1.Cl.Cl. The Labute approximate surface area is 108 Å². The zero-order chi connectivity index (χ0) is 9.10. The smallest absolute Gasteiger partial charge is 0.0329 e. The quantitative estimate of drug-likeness (QED) is 0.887. The van der Waals surface area contributed by atoms with Gasteiger partial charge in [0, 0.05) is 32.2 Å². The second kappa shape index (κ2) is 7.47. The fourth-order valence-corrected chi connectivity index (χ4v) is 2.54. The monoisotopic (exact) mass is 268 g/mol. The summed E-state index contributed by atoms with van der Waals surface area (Å²) >= 11 is 1.79. The Morgan fingerprint density at radius 2 is 2.00 bits per heavy atom. The Bertz CT molecular complexity index is 248. The molecule has 1 aliphatic rings. The van der Waals surface area contributed by atoms with Crippen LogP contribution < -0.4 is 5.32 Å². The normalized spacial score (nSPS) is 18.7. The molecule has 15 heavy (non-hydrogen) atoms. The van der Waals surface area contributed by atoms with Gasteiger partial charge in [0.25, 0.3) is 0 Å². The van der Waals surface area contributed by atoms with Gasteiger partial charge in [0.05, 0.1) is 0 Å². The van der Waals surface area contributed by atoms with E-state index in [0.717, 1.165) is 13.1 Å². The van der Waals surface area contributed by atoms with Crippen molar-refractivity contribution in [3.63, 3.8) is 0 Å². The summed E-state index contributed by atoms with van der Waals surface area (Å²) in [4.78, 5) is 2.54. The van der Waals surface area contributed by atoms with Crippen LogP contribution in [0.5, 0.6) is 0 Å². The topological polar surface area (TPSA) is 15.3 Å². The summed E-state index contributed by atoms with van der Waals surface area (Å²) in [6.45, 7) is 6.92. The average molecular weight is 269 g/mol. The highest BCUT2D eigenvalue weighted by Crippen LogP contribution is 2.22. The Morgan fingerprint density at radius 1 is 1.33 bits per heavy atom. The van der Waals surface area contributed by atoms with Crippen molar-refractivity contribution in [2.24, 2.45) is 0 Å². The molecule has 0 spiro atoms. The van der Waals surface area contributed by atoms with Crippen molar-refractivity contribution in [3.8, 4) is 0 Å². The van der Waals surface area contributed by atoms with Crippen molar-refractivity contribution in [3.05, 3.63) is 22.4 Å². The average Bonchev–Trinajstić information content (AvgIpc) is 2.71. The number of halogens is 2. The molecule has 1 N–H and O–H groups in total. The molecule has 0 aromatic carbocycles. The standard InChI is InChI=1S/C10H16N2S.2ClH/c1-9(10-2-7-13-8-10)12-5-3-11-4-6-12;;/h2,7-9,11H,3-6H2,1H3;2*1H/t9-;;/m1../s1. The van der Waals surface area contributed by atoms with Crippen LogP contribution in [0.15, 0.2) is 16.8 Å². The van der Waals surface area contributed by atoms with Gasteiger partial charge in [-0.05, 0) is 29.3 Å². The van der Waals surface area contributed by atoms with Gasteiger partial charge in [-0.25, -0.2) is 0 Å². The lowest BCUT2D eigenvalue weighted by atomic mass is 10.1. The molecule has 0 bridgehead atoms. The Hall–Kier alpha value is 0.200. The van der Waals surface area contributed by atoms with Crippen LogP contribution in [0.1, 0.15) is 18.5 Å². The van der Waals surface area contributed by atoms with Crippen molar-refractivity contribution >= 4 is 36.2 Å². The van der Waals surface area contributed by atoms with Crippen molar-refractivity contribution in [1.29, 1.82) is 0 Å². The molecule has 5 heteroatoms. The molecule has 1 aliphatic heterocycles. The Balaban J connectivity index is 0.000000980. The fourth-order valence-electron chi connectivity index (χ4n) is 1.79. The first-order valence-corrected chi connectivity index (χ1v) is 5.79. The highest BCUT2D eigenvalue weighted by molar-refractivity contribution is 7.07. The van der Waals surface area contributed by atoms with E-state index >= 15 is 0 Å². The lowest BCUT2D eigenvalue weighted by Crippen LogP contribution is -2.44. The van der Waals surface area contributed by atoms with Gasteiger partial charge in [-0.2, -0.15) is 11.3 Å². The molecule has 0 radical (unpaired) electrons. The summed E-state index contributed by atoms with van der Waals surface area (Å²) in [5.74, 6) is 0. The van der Waals surface area contributed by atoms with Gasteiger partial charge in [0.2, 0.25) is 0 Å². The van der Waals surface area contributed by atoms with E-state index in [-0.39, 0.29) is 24.8 Å². The third kappa shape index (κ3) is 3.93. The zero-order valence-corrected chi connectivity index (χ0v) is 11.3.